The molecule has 1 unspecified atom stereocenters. The molecule has 2 rings (SSSR count). The Bertz CT molecular complexity index is 420. The van der Waals surface area contributed by atoms with Gasteiger partial charge in [0, 0.05) is 5.75 Å². The number of nitrogens with one attached hydrogen (secondary N) is 1. The predicted molar refractivity (Wildman–Crippen MR) is 74.1 cm³/mol. The molecule has 0 radical (unpaired) electrons. The van der Waals surface area contributed by atoms with Crippen molar-refractivity contribution in [3.63, 3.8) is 0 Å². The van der Waals surface area contributed by atoms with Crippen molar-refractivity contribution in [2.24, 2.45) is 4.99 Å². The third-order valence-corrected chi connectivity index (χ3v) is 4.23. The van der Waals surface area contributed by atoms with Gasteiger partial charge in [-0.25, -0.2) is 0 Å². The Morgan fingerprint density at radius 3 is 3.00 bits per heavy atom. The normalized spacial score (nSPS) is 19.7. The molecule has 2 nitrogen and oxygen atoms in total. The summed E-state index contributed by atoms with van der Waals surface area (Å²) in [5.41, 5.74) is 0.817. The van der Waals surface area contributed by atoms with Crippen LogP contribution in [-0.2, 0) is 0 Å². The third-order valence-electron chi connectivity index (χ3n) is 2.38. The molecule has 0 aliphatic carbocycles. The Morgan fingerprint density at radius 1 is 1.50 bits per heavy atom. The van der Waals surface area contributed by atoms with Gasteiger partial charge in [0.25, 0.3) is 0 Å². The van der Waals surface area contributed by atoms with Gasteiger partial charge < -0.3 is 5.32 Å². The van der Waals surface area contributed by atoms with Crippen LogP contribution in [0.15, 0.2) is 23.2 Å². The van der Waals surface area contributed by atoms with Crippen LogP contribution < -0.4 is 5.32 Å². The van der Waals surface area contributed by atoms with Crippen LogP contribution in [0.3, 0.4) is 0 Å². The molecule has 0 fully saturated rings. The van der Waals surface area contributed by atoms with Gasteiger partial charge in [-0.05, 0) is 18.6 Å². The minimum absolute atomic E-state index is 0.422. The van der Waals surface area contributed by atoms with Gasteiger partial charge >= 0.3 is 0 Å². The molecule has 1 heterocycles. The van der Waals surface area contributed by atoms with E-state index < -0.39 is 0 Å². The van der Waals surface area contributed by atoms with Crippen molar-refractivity contribution in [3.8, 4) is 0 Å². The van der Waals surface area contributed by atoms with Crippen LogP contribution in [0.5, 0.6) is 0 Å². The first-order chi connectivity index (χ1) is 7.70. The van der Waals surface area contributed by atoms with E-state index in [4.69, 9.17) is 23.2 Å². The van der Waals surface area contributed by atoms with Crippen LogP contribution in [0.25, 0.3) is 0 Å². The summed E-state index contributed by atoms with van der Waals surface area (Å²) in [4.78, 5) is 4.54. The first-order valence-corrected chi connectivity index (χ1v) is 6.86. The fraction of sp³-hybridized carbons (Fsp3) is 0.364. The van der Waals surface area contributed by atoms with Crippen molar-refractivity contribution < 1.29 is 0 Å². The quantitative estimate of drug-likeness (QED) is 0.870. The Balaban J connectivity index is 2.13. The molecule has 0 amide bonds. The van der Waals surface area contributed by atoms with E-state index >= 15 is 0 Å². The maximum atomic E-state index is 6.08. The van der Waals surface area contributed by atoms with E-state index in [0.29, 0.717) is 16.1 Å². The van der Waals surface area contributed by atoms with Crippen LogP contribution in [0.2, 0.25) is 10.0 Å². The highest BCUT2D eigenvalue weighted by atomic mass is 35.5. The smallest absolute Gasteiger partial charge is 0.161 e. The molecule has 1 N–H and O–H groups in total. The van der Waals surface area contributed by atoms with Crippen molar-refractivity contribution in [3.05, 3.63) is 28.2 Å². The predicted octanol–water partition coefficient (Wildman–Crippen LogP) is 4.29. The van der Waals surface area contributed by atoms with Gasteiger partial charge in [-0.3, -0.25) is 4.99 Å². The van der Waals surface area contributed by atoms with Crippen LogP contribution in [-0.4, -0.2) is 17.0 Å². The van der Waals surface area contributed by atoms with Crippen molar-refractivity contribution in [1.82, 2.24) is 0 Å². The van der Waals surface area contributed by atoms with Crippen LogP contribution in [0, 0.1) is 0 Å². The summed E-state index contributed by atoms with van der Waals surface area (Å²) in [5.74, 6) is 1.04. The van der Waals surface area contributed by atoms with Gasteiger partial charge in [0.2, 0.25) is 0 Å². The zero-order valence-electron chi connectivity index (χ0n) is 8.84. The second kappa shape index (κ2) is 5.30. The number of rotatable bonds is 2. The highest BCUT2D eigenvalue weighted by Crippen LogP contribution is 2.31. The van der Waals surface area contributed by atoms with Gasteiger partial charge in [0.1, 0.15) is 0 Å². The molecular formula is C11H12Cl2N2S. The fourth-order valence-corrected chi connectivity index (χ4v) is 2.82. The molecule has 0 bridgehead atoms. The number of benzene rings is 1. The molecule has 0 saturated carbocycles. The number of amidine groups is 1. The van der Waals surface area contributed by atoms with Gasteiger partial charge in [0.15, 0.2) is 5.17 Å². The molecule has 0 aromatic heterocycles. The number of anilines is 1. The summed E-state index contributed by atoms with van der Waals surface area (Å²) in [7, 11) is 0. The van der Waals surface area contributed by atoms with E-state index in [1.165, 1.54) is 0 Å². The maximum absolute atomic E-state index is 6.08. The lowest BCUT2D eigenvalue weighted by molar-refractivity contribution is 0.738. The Morgan fingerprint density at radius 2 is 2.31 bits per heavy atom. The van der Waals surface area contributed by atoms with E-state index in [2.05, 4.69) is 17.2 Å². The Hall–Kier alpha value is -0.380. The van der Waals surface area contributed by atoms with Crippen molar-refractivity contribution in [2.45, 2.75) is 19.4 Å². The van der Waals surface area contributed by atoms with E-state index in [9.17, 15) is 0 Å². The molecule has 1 aliphatic rings. The summed E-state index contributed by atoms with van der Waals surface area (Å²) in [6.07, 6.45) is 1.07. The second-order valence-electron chi connectivity index (χ2n) is 3.53. The Labute approximate surface area is 109 Å². The molecule has 1 aromatic carbocycles. The van der Waals surface area contributed by atoms with Crippen molar-refractivity contribution in [2.75, 3.05) is 11.1 Å². The maximum Gasteiger partial charge on any atom is 0.161 e. The van der Waals surface area contributed by atoms with Crippen LogP contribution in [0.1, 0.15) is 13.3 Å². The molecule has 16 heavy (non-hydrogen) atoms. The zero-order valence-corrected chi connectivity index (χ0v) is 11.2. The van der Waals surface area contributed by atoms with Crippen LogP contribution >= 0.6 is 35.0 Å². The average Bonchev–Trinajstić information content (AvgIpc) is 2.73. The van der Waals surface area contributed by atoms with Gasteiger partial charge in [-0.2, -0.15) is 0 Å². The minimum atomic E-state index is 0.422. The monoisotopic (exact) mass is 274 g/mol. The summed E-state index contributed by atoms with van der Waals surface area (Å²) >= 11 is 13.7. The largest absolute Gasteiger partial charge is 0.334 e. The number of hydrogen-bond acceptors (Lipinski definition) is 3. The van der Waals surface area contributed by atoms with E-state index in [-0.39, 0.29) is 0 Å². The highest BCUT2D eigenvalue weighted by Gasteiger charge is 2.17. The summed E-state index contributed by atoms with van der Waals surface area (Å²) in [6, 6.07) is 5.96. The lowest BCUT2D eigenvalue weighted by atomic mass is 10.3. The lowest BCUT2D eigenvalue weighted by Crippen LogP contribution is -2.05. The van der Waals surface area contributed by atoms with Crippen LogP contribution in [0.4, 0.5) is 5.69 Å². The minimum Gasteiger partial charge on any atom is -0.334 e. The molecule has 5 heteroatoms. The van der Waals surface area contributed by atoms with Gasteiger partial charge in [-0.15, -0.1) is 0 Å². The van der Waals surface area contributed by atoms with E-state index in [1.54, 1.807) is 17.8 Å². The molecule has 1 aliphatic heterocycles. The van der Waals surface area contributed by atoms with Crippen molar-refractivity contribution in [1.29, 1.82) is 0 Å². The third kappa shape index (κ3) is 2.65. The lowest BCUT2D eigenvalue weighted by Gasteiger charge is -2.07. The van der Waals surface area contributed by atoms with E-state index in [1.807, 2.05) is 12.1 Å². The number of thioether (sulfide) groups is 1. The highest BCUT2D eigenvalue weighted by molar-refractivity contribution is 8.14. The van der Waals surface area contributed by atoms with E-state index in [0.717, 1.165) is 23.0 Å². The molecular weight excluding hydrogens is 263 g/mol. The summed E-state index contributed by atoms with van der Waals surface area (Å²) in [6.45, 7) is 2.14. The molecule has 0 saturated heterocycles. The molecule has 1 atom stereocenters. The molecule has 0 spiro atoms. The van der Waals surface area contributed by atoms with Gasteiger partial charge in [0.05, 0.1) is 21.8 Å². The number of nitrogens with zero attached hydrogens (tertiary/aromatic N) is 1. The number of hydrogen-bond donors (Lipinski definition) is 1. The standard InChI is InChI=1S/C11H12Cl2N2S/c1-2-7-6-16-11(14-7)15-9-5-3-4-8(12)10(9)13/h3-5,7H,2,6H2,1H3,(H,14,15). The van der Waals surface area contributed by atoms with Crippen molar-refractivity contribution >= 4 is 45.8 Å². The summed E-state index contributed by atoms with van der Waals surface area (Å²) in [5, 5.41) is 5.24. The fourth-order valence-electron chi connectivity index (χ4n) is 1.41. The molecule has 1 aromatic rings. The zero-order chi connectivity index (χ0) is 11.5. The topological polar surface area (TPSA) is 24.4 Å². The second-order valence-corrected chi connectivity index (χ2v) is 5.33. The summed E-state index contributed by atoms with van der Waals surface area (Å²) < 4.78 is 0. The number of aliphatic imine (C=N–C) groups is 1. The molecule has 86 valence electrons. The SMILES string of the molecule is CCC1CSC(Nc2cccc(Cl)c2Cl)=N1. The number of halogens is 2. The first kappa shape index (κ1) is 12.1. The Kier molecular flexibility index (Phi) is 4.00. The van der Waals surface area contributed by atoms with Gasteiger partial charge in [-0.1, -0.05) is 48.0 Å². The average molecular weight is 275 g/mol. The first-order valence-electron chi connectivity index (χ1n) is 5.12.